The monoisotopic (exact) mass is 985 g/mol. The topological polar surface area (TPSA) is 169 Å². The standard InChI is InChI=1S/C52H52FN7O8S2/c1-52(2,3)68-50(61)46(53)43-28-27-41(42-9-8-10-44-47(42)55-51(69-44)54-29-33-11-19-37(64-4)20-12-33)45(49-56-58-60(57-49)32-36-17-25-40(67-7)26-18-36)48(43)70(62,63)59(30-34-13-21-38(65-5)22-14-34)31-35-15-23-39(66-6)24-16-35/h8-28,46H,29-32H2,1-7H3,(H,54,55). The van der Waals surface area contributed by atoms with E-state index in [1.54, 1.807) is 108 Å². The van der Waals surface area contributed by atoms with Crippen LogP contribution in [0, 0.1) is 0 Å². The summed E-state index contributed by atoms with van der Waals surface area (Å²) >= 11 is 1.41. The molecule has 0 aliphatic carbocycles. The largest absolute Gasteiger partial charge is 0.497 e. The van der Waals surface area contributed by atoms with E-state index >= 15 is 12.8 Å². The van der Waals surface area contributed by atoms with Crippen LogP contribution in [-0.4, -0.2) is 77.9 Å². The van der Waals surface area contributed by atoms with Crippen molar-refractivity contribution in [2.75, 3.05) is 33.8 Å². The summed E-state index contributed by atoms with van der Waals surface area (Å²) < 4.78 is 78.6. The molecule has 2 aromatic heterocycles. The van der Waals surface area contributed by atoms with Crippen LogP contribution in [0.1, 0.15) is 54.8 Å². The molecule has 1 N–H and O–H groups in total. The number of alkyl halides is 1. The Morgan fingerprint density at radius 3 is 1.77 bits per heavy atom. The van der Waals surface area contributed by atoms with E-state index in [4.69, 9.17) is 33.8 Å². The first-order chi connectivity index (χ1) is 33.7. The molecule has 8 aromatic rings. The molecule has 0 bridgehead atoms. The van der Waals surface area contributed by atoms with Gasteiger partial charge in [0.05, 0.1) is 50.8 Å². The quantitative estimate of drug-likeness (QED) is 0.0761. The van der Waals surface area contributed by atoms with Gasteiger partial charge >= 0.3 is 5.97 Å². The SMILES string of the molecule is COc1ccc(CNc2nc3c(-c4ccc(C(F)C(=O)OC(C)(C)C)c(S(=O)(=O)N(Cc5ccc(OC)cc5)Cc5ccc(OC)cc5)c4-c4nnn(Cc5ccc(OC)cc5)n4)cccc3s2)cc1. The summed E-state index contributed by atoms with van der Waals surface area (Å²) in [6.45, 7) is 5.08. The fraction of sp³-hybridized carbons (Fsp3) is 0.250. The molecule has 0 saturated carbocycles. The Morgan fingerprint density at radius 2 is 1.24 bits per heavy atom. The highest BCUT2D eigenvalue weighted by Crippen LogP contribution is 2.45. The molecule has 0 spiro atoms. The van der Waals surface area contributed by atoms with Crippen LogP contribution in [0.5, 0.6) is 23.0 Å². The Kier molecular flexibility index (Phi) is 14.8. The molecule has 18 heteroatoms. The van der Waals surface area contributed by atoms with Crippen molar-refractivity contribution in [3.8, 4) is 45.5 Å². The summed E-state index contributed by atoms with van der Waals surface area (Å²) in [5, 5.41) is 17.7. The van der Waals surface area contributed by atoms with Crippen molar-refractivity contribution in [3.63, 3.8) is 0 Å². The minimum Gasteiger partial charge on any atom is -0.497 e. The lowest BCUT2D eigenvalue weighted by Crippen LogP contribution is -2.33. The number of methoxy groups -OCH3 is 4. The number of benzene rings is 6. The third-order valence-electron chi connectivity index (χ3n) is 11.2. The van der Waals surface area contributed by atoms with Gasteiger partial charge < -0.3 is 29.0 Å². The number of sulfonamides is 1. The van der Waals surface area contributed by atoms with Gasteiger partial charge in [-0.3, -0.25) is 0 Å². The first kappa shape index (κ1) is 49.0. The van der Waals surface area contributed by atoms with Gasteiger partial charge in [0.2, 0.25) is 22.0 Å². The van der Waals surface area contributed by atoms with Crippen molar-refractivity contribution in [1.82, 2.24) is 29.5 Å². The number of esters is 1. The lowest BCUT2D eigenvalue weighted by Gasteiger charge is -2.27. The zero-order valence-electron chi connectivity index (χ0n) is 39.7. The van der Waals surface area contributed by atoms with E-state index in [1.807, 2.05) is 48.5 Å². The predicted octanol–water partition coefficient (Wildman–Crippen LogP) is 10.1. The average Bonchev–Trinajstić information content (AvgIpc) is 4.02. The Labute approximate surface area is 409 Å². The fourth-order valence-electron chi connectivity index (χ4n) is 7.69. The number of para-hydroxylation sites is 1. The number of tetrazole rings is 1. The molecule has 0 radical (unpaired) electrons. The highest BCUT2D eigenvalue weighted by Gasteiger charge is 2.39. The summed E-state index contributed by atoms with van der Waals surface area (Å²) in [4.78, 5) is 19.6. The number of ether oxygens (including phenoxy) is 5. The zero-order valence-corrected chi connectivity index (χ0v) is 41.3. The van der Waals surface area contributed by atoms with Crippen molar-refractivity contribution < 1.29 is 41.3 Å². The fourth-order valence-corrected chi connectivity index (χ4v) is 10.4. The molecule has 70 heavy (non-hydrogen) atoms. The lowest BCUT2D eigenvalue weighted by molar-refractivity contribution is -0.161. The Hall–Kier alpha value is -7.41. The van der Waals surface area contributed by atoms with E-state index in [9.17, 15) is 4.79 Å². The number of aromatic nitrogens is 5. The highest BCUT2D eigenvalue weighted by atomic mass is 32.2. The molecular formula is C52H52FN7O8S2. The number of hydrogen-bond acceptors (Lipinski definition) is 14. The van der Waals surface area contributed by atoms with Gasteiger partial charge in [-0.05, 0) is 108 Å². The third kappa shape index (κ3) is 11.2. The second-order valence-electron chi connectivity index (χ2n) is 17.1. The van der Waals surface area contributed by atoms with Crippen LogP contribution in [0.25, 0.3) is 32.7 Å². The van der Waals surface area contributed by atoms with Crippen molar-refractivity contribution in [2.24, 2.45) is 0 Å². The third-order valence-corrected chi connectivity index (χ3v) is 14.1. The van der Waals surface area contributed by atoms with E-state index in [0.29, 0.717) is 56.7 Å². The molecule has 0 aliphatic heterocycles. The van der Waals surface area contributed by atoms with E-state index in [0.717, 1.165) is 21.6 Å². The molecule has 0 amide bonds. The van der Waals surface area contributed by atoms with Crippen molar-refractivity contribution in [2.45, 2.75) is 63.6 Å². The number of fused-ring (bicyclic) bond motifs is 1. The number of thiazole rings is 1. The average molecular weight is 986 g/mol. The van der Waals surface area contributed by atoms with Crippen LogP contribution in [0.2, 0.25) is 0 Å². The number of halogens is 1. The van der Waals surface area contributed by atoms with E-state index in [1.165, 1.54) is 40.7 Å². The molecule has 0 fully saturated rings. The maximum Gasteiger partial charge on any atom is 0.346 e. The summed E-state index contributed by atoms with van der Waals surface area (Å²) in [6.07, 6.45) is -2.57. The first-order valence-corrected chi connectivity index (χ1v) is 24.4. The molecule has 8 rings (SSSR count). The van der Waals surface area contributed by atoms with Gasteiger partial charge in [-0.25, -0.2) is 22.6 Å². The number of hydrogen-bond donors (Lipinski definition) is 1. The summed E-state index contributed by atoms with van der Waals surface area (Å²) in [7, 11) is 1.38. The number of rotatable bonds is 19. The van der Waals surface area contributed by atoms with Crippen LogP contribution in [0.3, 0.4) is 0 Å². The minimum atomic E-state index is -4.89. The molecular weight excluding hydrogens is 934 g/mol. The number of anilines is 1. The van der Waals surface area contributed by atoms with E-state index in [2.05, 4.69) is 15.6 Å². The first-order valence-electron chi connectivity index (χ1n) is 22.1. The zero-order chi connectivity index (χ0) is 49.6. The van der Waals surface area contributed by atoms with Gasteiger partial charge in [-0.2, -0.15) is 9.10 Å². The van der Waals surface area contributed by atoms with Crippen molar-refractivity contribution >= 4 is 42.7 Å². The second kappa shape index (κ2) is 21.1. The number of nitrogens with zero attached hydrogens (tertiary/aromatic N) is 6. The predicted molar refractivity (Wildman–Crippen MR) is 266 cm³/mol. The molecule has 0 saturated heterocycles. The second-order valence-corrected chi connectivity index (χ2v) is 20.0. The molecule has 362 valence electrons. The molecule has 6 aromatic carbocycles. The minimum absolute atomic E-state index is 0.0904. The molecule has 2 heterocycles. The van der Waals surface area contributed by atoms with Crippen molar-refractivity contribution in [1.29, 1.82) is 0 Å². The smallest absolute Gasteiger partial charge is 0.346 e. The van der Waals surface area contributed by atoms with Gasteiger partial charge in [-0.1, -0.05) is 84.1 Å². The van der Waals surface area contributed by atoms with Crippen LogP contribution >= 0.6 is 11.3 Å². The Bertz CT molecular complexity index is 3150. The van der Waals surface area contributed by atoms with Gasteiger partial charge in [0, 0.05) is 30.8 Å². The molecule has 15 nitrogen and oxygen atoms in total. The number of carbonyl (C=O) groups is 1. The van der Waals surface area contributed by atoms with Crippen LogP contribution in [0.4, 0.5) is 9.52 Å². The molecule has 0 aliphatic rings. The van der Waals surface area contributed by atoms with Crippen LogP contribution < -0.4 is 24.3 Å². The highest BCUT2D eigenvalue weighted by molar-refractivity contribution is 7.89. The summed E-state index contributed by atoms with van der Waals surface area (Å²) in [5.41, 5.74) is 2.67. The van der Waals surface area contributed by atoms with Gasteiger partial charge in [0.1, 0.15) is 33.5 Å². The van der Waals surface area contributed by atoms with E-state index in [-0.39, 0.29) is 31.0 Å². The Morgan fingerprint density at radius 1 is 0.714 bits per heavy atom. The van der Waals surface area contributed by atoms with Gasteiger partial charge in [-0.15, -0.1) is 10.2 Å². The molecule has 1 atom stereocenters. The summed E-state index contributed by atoms with van der Waals surface area (Å²) in [5.74, 6) is 1.12. The lowest BCUT2D eigenvalue weighted by atomic mass is 9.94. The summed E-state index contributed by atoms with van der Waals surface area (Å²) in [6, 6.07) is 37.3. The van der Waals surface area contributed by atoms with Crippen LogP contribution in [-0.2, 0) is 45.7 Å². The van der Waals surface area contributed by atoms with Gasteiger partial charge in [0.25, 0.3) is 0 Å². The van der Waals surface area contributed by atoms with Crippen LogP contribution in [0.15, 0.2) is 132 Å². The van der Waals surface area contributed by atoms with Crippen molar-refractivity contribution in [3.05, 3.63) is 155 Å². The maximum atomic E-state index is 17.4. The van der Waals surface area contributed by atoms with E-state index < -0.39 is 38.2 Å². The maximum absolute atomic E-state index is 17.4. The molecule has 1 unspecified atom stereocenters. The van der Waals surface area contributed by atoms with Gasteiger partial charge in [0.15, 0.2) is 5.13 Å². The normalized spacial score (nSPS) is 12.2. The number of carbonyl (C=O) groups excluding carboxylic acids is 1. The number of nitrogens with one attached hydrogen (secondary N) is 1. The Balaban J connectivity index is 1.35.